The van der Waals surface area contributed by atoms with Crippen LogP contribution in [0.25, 0.3) is 0 Å². The topological polar surface area (TPSA) is 74.7 Å². The van der Waals surface area contributed by atoms with Crippen molar-refractivity contribution in [2.24, 2.45) is 5.92 Å². The van der Waals surface area contributed by atoms with E-state index in [0.717, 1.165) is 6.42 Å². The highest BCUT2D eigenvalue weighted by molar-refractivity contribution is 9.10. The van der Waals surface area contributed by atoms with Gasteiger partial charge in [-0.25, -0.2) is 13.2 Å². The van der Waals surface area contributed by atoms with Crippen molar-refractivity contribution in [2.45, 2.75) is 31.2 Å². The summed E-state index contributed by atoms with van der Waals surface area (Å²) in [4.78, 5) is 11.0. The van der Waals surface area contributed by atoms with Crippen LogP contribution in [-0.4, -0.2) is 36.4 Å². The fourth-order valence-electron chi connectivity index (χ4n) is 2.56. The van der Waals surface area contributed by atoms with Gasteiger partial charge in [0.1, 0.15) is 0 Å². The Morgan fingerprint density at radius 3 is 2.55 bits per heavy atom. The van der Waals surface area contributed by atoms with Gasteiger partial charge in [-0.3, -0.25) is 0 Å². The molecule has 0 spiro atoms. The molecule has 0 aliphatic carbocycles. The van der Waals surface area contributed by atoms with Gasteiger partial charge in [-0.05, 0) is 53.4 Å². The Balaban J connectivity index is 2.49. The van der Waals surface area contributed by atoms with Crippen LogP contribution in [0.2, 0.25) is 0 Å². The summed E-state index contributed by atoms with van der Waals surface area (Å²) < 4.78 is 27.2. The summed E-state index contributed by atoms with van der Waals surface area (Å²) in [6.45, 7) is 4.35. The van der Waals surface area contributed by atoms with E-state index in [1.165, 1.54) is 22.5 Å². The lowest BCUT2D eigenvalue weighted by Crippen LogP contribution is -2.34. The van der Waals surface area contributed by atoms with E-state index < -0.39 is 16.0 Å². The van der Waals surface area contributed by atoms with Gasteiger partial charge in [0.05, 0.1) is 10.5 Å². The van der Waals surface area contributed by atoms with Crippen molar-refractivity contribution in [1.82, 2.24) is 4.31 Å². The number of sulfonamides is 1. The van der Waals surface area contributed by atoms with Gasteiger partial charge >= 0.3 is 5.97 Å². The van der Waals surface area contributed by atoms with E-state index in [2.05, 4.69) is 15.9 Å². The minimum Gasteiger partial charge on any atom is -0.478 e. The molecule has 1 fully saturated rings. The molecular formula is C13H16BrNO4S. The van der Waals surface area contributed by atoms with Crippen LogP contribution in [0.4, 0.5) is 0 Å². The largest absolute Gasteiger partial charge is 0.478 e. The van der Waals surface area contributed by atoms with Crippen LogP contribution >= 0.6 is 15.9 Å². The second-order valence-electron chi connectivity index (χ2n) is 5.21. The fourth-order valence-corrected chi connectivity index (χ4v) is 5.27. The Hall–Kier alpha value is -0.920. The van der Waals surface area contributed by atoms with E-state index in [9.17, 15) is 13.2 Å². The predicted molar refractivity (Wildman–Crippen MR) is 78.2 cm³/mol. The van der Waals surface area contributed by atoms with E-state index >= 15 is 0 Å². The average molecular weight is 362 g/mol. The Morgan fingerprint density at radius 1 is 1.40 bits per heavy atom. The highest BCUT2D eigenvalue weighted by Gasteiger charge is 2.37. The van der Waals surface area contributed by atoms with Gasteiger partial charge < -0.3 is 5.11 Å². The molecule has 0 aromatic heterocycles. The summed E-state index contributed by atoms with van der Waals surface area (Å²) in [6.07, 6.45) is 0.815. The number of hydrogen-bond acceptors (Lipinski definition) is 3. The molecule has 1 aromatic carbocycles. The molecule has 7 heteroatoms. The molecule has 0 saturated carbocycles. The first-order chi connectivity index (χ1) is 9.23. The first-order valence-electron chi connectivity index (χ1n) is 6.28. The molecular weight excluding hydrogens is 346 g/mol. The van der Waals surface area contributed by atoms with Crippen molar-refractivity contribution in [3.05, 3.63) is 28.2 Å². The van der Waals surface area contributed by atoms with Crippen molar-refractivity contribution >= 4 is 31.9 Å². The van der Waals surface area contributed by atoms with Gasteiger partial charge in [0, 0.05) is 17.1 Å². The molecule has 1 aromatic rings. The maximum absolute atomic E-state index is 12.7. The molecule has 1 aliphatic heterocycles. The third-order valence-electron chi connectivity index (χ3n) is 3.49. The number of aromatic carboxylic acids is 1. The van der Waals surface area contributed by atoms with Gasteiger partial charge in [0.2, 0.25) is 10.0 Å². The van der Waals surface area contributed by atoms with E-state index in [-0.39, 0.29) is 16.5 Å². The van der Waals surface area contributed by atoms with Crippen LogP contribution in [-0.2, 0) is 10.0 Å². The monoisotopic (exact) mass is 361 g/mol. The number of carboxylic acid groups (broad SMARTS) is 1. The Bertz CT molecular complexity index is 644. The van der Waals surface area contributed by atoms with Gasteiger partial charge in [0.25, 0.3) is 0 Å². The SMILES string of the molecule is CC1CC(C)N(S(=O)(=O)c2cc(C(=O)O)ccc2Br)C1. The third-order valence-corrected chi connectivity index (χ3v) is 6.47. The summed E-state index contributed by atoms with van der Waals surface area (Å²) in [5, 5.41) is 9.00. The quantitative estimate of drug-likeness (QED) is 0.897. The summed E-state index contributed by atoms with van der Waals surface area (Å²) in [5.41, 5.74) is -0.0355. The Labute approximate surface area is 126 Å². The number of hydrogen-bond donors (Lipinski definition) is 1. The number of nitrogens with zero attached hydrogens (tertiary/aromatic N) is 1. The molecule has 5 nitrogen and oxygen atoms in total. The number of rotatable bonds is 3. The minimum atomic E-state index is -3.68. The van der Waals surface area contributed by atoms with Crippen LogP contribution in [0.15, 0.2) is 27.6 Å². The molecule has 0 amide bonds. The van der Waals surface area contributed by atoms with Crippen molar-refractivity contribution in [3.8, 4) is 0 Å². The Kier molecular flexibility index (Phi) is 4.22. The van der Waals surface area contributed by atoms with Gasteiger partial charge in [-0.2, -0.15) is 4.31 Å². The van der Waals surface area contributed by atoms with E-state index in [4.69, 9.17) is 5.11 Å². The van der Waals surface area contributed by atoms with Crippen LogP contribution in [0, 0.1) is 5.92 Å². The normalized spacial score (nSPS) is 23.9. The number of carbonyl (C=O) groups is 1. The summed E-state index contributed by atoms with van der Waals surface area (Å²) in [6, 6.07) is 3.97. The molecule has 1 N–H and O–H groups in total. The molecule has 2 unspecified atom stereocenters. The average Bonchev–Trinajstić information content (AvgIpc) is 2.69. The van der Waals surface area contributed by atoms with Gasteiger partial charge in [0.15, 0.2) is 0 Å². The lowest BCUT2D eigenvalue weighted by Gasteiger charge is -2.21. The number of benzene rings is 1. The zero-order valence-electron chi connectivity index (χ0n) is 11.2. The zero-order chi connectivity index (χ0) is 15.1. The van der Waals surface area contributed by atoms with Crippen molar-refractivity contribution < 1.29 is 18.3 Å². The number of halogens is 1. The first kappa shape index (κ1) is 15.5. The van der Waals surface area contributed by atoms with Gasteiger partial charge in [-0.15, -0.1) is 0 Å². The van der Waals surface area contributed by atoms with Crippen molar-refractivity contribution in [2.75, 3.05) is 6.54 Å². The molecule has 1 aliphatic rings. The maximum Gasteiger partial charge on any atom is 0.335 e. The standard InChI is InChI=1S/C13H16BrNO4S/c1-8-5-9(2)15(7-8)20(18,19)12-6-10(13(16)17)3-4-11(12)14/h3-4,6,8-9H,5,7H2,1-2H3,(H,16,17). The lowest BCUT2D eigenvalue weighted by molar-refractivity contribution is 0.0696. The summed E-state index contributed by atoms with van der Waals surface area (Å²) in [5.74, 6) is -0.835. The Morgan fingerprint density at radius 2 is 2.05 bits per heavy atom. The maximum atomic E-state index is 12.7. The van der Waals surface area contributed by atoms with Crippen molar-refractivity contribution in [1.29, 1.82) is 0 Å². The number of carboxylic acids is 1. The molecule has 1 heterocycles. The van der Waals surface area contributed by atoms with Crippen LogP contribution < -0.4 is 0 Å². The fraction of sp³-hybridized carbons (Fsp3) is 0.462. The summed E-state index contributed by atoms with van der Waals surface area (Å²) in [7, 11) is -3.68. The molecule has 20 heavy (non-hydrogen) atoms. The molecule has 1 saturated heterocycles. The third kappa shape index (κ3) is 2.75. The minimum absolute atomic E-state index is 0.0124. The zero-order valence-corrected chi connectivity index (χ0v) is 13.6. The first-order valence-corrected chi connectivity index (χ1v) is 8.51. The second kappa shape index (κ2) is 5.46. The van der Waals surface area contributed by atoms with Crippen molar-refractivity contribution in [3.63, 3.8) is 0 Å². The van der Waals surface area contributed by atoms with Gasteiger partial charge in [-0.1, -0.05) is 6.92 Å². The van der Waals surface area contributed by atoms with E-state index in [1.54, 1.807) is 0 Å². The second-order valence-corrected chi connectivity index (χ2v) is 7.93. The predicted octanol–water partition coefficient (Wildman–Crippen LogP) is 2.57. The van der Waals surface area contributed by atoms with Crippen LogP contribution in [0.5, 0.6) is 0 Å². The smallest absolute Gasteiger partial charge is 0.335 e. The molecule has 0 bridgehead atoms. The molecule has 2 rings (SSSR count). The molecule has 110 valence electrons. The van der Waals surface area contributed by atoms with E-state index in [0.29, 0.717) is 16.9 Å². The highest BCUT2D eigenvalue weighted by Crippen LogP contribution is 2.32. The molecule has 2 atom stereocenters. The van der Waals surface area contributed by atoms with Crippen LogP contribution in [0.1, 0.15) is 30.6 Å². The molecule has 0 radical (unpaired) electrons. The van der Waals surface area contributed by atoms with Crippen LogP contribution in [0.3, 0.4) is 0 Å². The van der Waals surface area contributed by atoms with E-state index in [1.807, 2.05) is 13.8 Å². The highest BCUT2D eigenvalue weighted by atomic mass is 79.9. The summed E-state index contributed by atoms with van der Waals surface area (Å²) >= 11 is 3.20. The lowest BCUT2D eigenvalue weighted by atomic mass is 10.1.